The van der Waals surface area contributed by atoms with Crippen LogP contribution in [0.2, 0.25) is 0 Å². The Morgan fingerprint density at radius 1 is 0.613 bits per heavy atom. The molecular weight excluding hydrogens is 415 g/mol. The van der Waals surface area contributed by atoms with Crippen molar-refractivity contribution in [2.75, 3.05) is 0 Å². The number of hydrogen-bond donors (Lipinski definition) is 0. The van der Waals surface area contributed by atoms with E-state index in [0.717, 1.165) is 32.6 Å². The van der Waals surface area contributed by atoms with E-state index in [1.54, 1.807) is 0 Å². The SMILES string of the molecule is Cc1ccc(-c2ccccc2P(=S)(c2ccccc2)c2ccccc2)c(C#N)c1C#N. The van der Waals surface area contributed by atoms with Gasteiger partial charge in [-0.2, -0.15) is 10.5 Å². The Kier molecular flexibility index (Phi) is 5.83. The maximum atomic E-state index is 9.93. The lowest BCUT2D eigenvalue weighted by Crippen LogP contribution is -2.26. The third kappa shape index (κ3) is 3.60. The zero-order chi connectivity index (χ0) is 21.8. The molecule has 0 saturated heterocycles. The van der Waals surface area contributed by atoms with Gasteiger partial charge in [0.25, 0.3) is 0 Å². The van der Waals surface area contributed by atoms with Crippen LogP contribution in [-0.4, -0.2) is 0 Å². The summed E-state index contributed by atoms with van der Waals surface area (Å²) >= 11 is 6.52. The average Bonchev–Trinajstić information content (AvgIpc) is 2.84. The highest BCUT2D eigenvalue weighted by molar-refractivity contribution is 8.25. The maximum Gasteiger partial charge on any atom is 0.101 e. The Hall–Kier alpha value is -3.49. The molecule has 4 heteroatoms. The summed E-state index contributed by atoms with van der Waals surface area (Å²) in [6, 6.07) is 34.4. The van der Waals surface area contributed by atoms with Crippen molar-refractivity contribution < 1.29 is 0 Å². The topological polar surface area (TPSA) is 47.6 Å². The van der Waals surface area contributed by atoms with Crippen LogP contribution in [0.1, 0.15) is 16.7 Å². The van der Waals surface area contributed by atoms with Gasteiger partial charge in [0.1, 0.15) is 12.1 Å². The third-order valence-electron chi connectivity index (χ3n) is 5.41. The second kappa shape index (κ2) is 8.71. The van der Waals surface area contributed by atoms with Gasteiger partial charge >= 0.3 is 0 Å². The largest absolute Gasteiger partial charge is 0.192 e. The van der Waals surface area contributed by atoms with Crippen LogP contribution in [0, 0.1) is 29.6 Å². The summed E-state index contributed by atoms with van der Waals surface area (Å²) in [4.78, 5) is 0. The first-order valence-electron chi connectivity index (χ1n) is 9.86. The van der Waals surface area contributed by atoms with Gasteiger partial charge in [0.05, 0.1) is 11.1 Å². The first-order valence-corrected chi connectivity index (χ1v) is 12.7. The zero-order valence-electron chi connectivity index (χ0n) is 17.0. The van der Waals surface area contributed by atoms with Crippen molar-refractivity contribution in [3.05, 3.63) is 114 Å². The molecule has 0 radical (unpaired) electrons. The van der Waals surface area contributed by atoms with Crippen LogP contribution in [0.3, 0.4) is 0 Å². The molecule has 148 valence electrons. The second-order valence-electron chi connectivity index (χ2n) is 7.20. The summed E-state index contributed by atoms with van der Waals surface area (Å²) in [5.41, 5.74) is 3.28. The third-order valence-corrected chi connectivity index (χ3v) is 10.4. The fourth-order valence-electron chi connectivity index (χ4n) is 3.87. The average molecular weight is 435 g/mol. The summed E-state index contributed by atoms with van der Waals surface area (Å²) in [7, 11) is 0. The Morgan fingerprint density at radius 2 is 1.13 bits per heavy atom. The van der Waals surface area contributed by atoms with Crippen LogP contribution >= 0.6 is 6.04 Å². The Labute approximate surface area is 188 Å². The predicted octanol–water partition coefficient (Wildman–Crippen LogP) is 5.16. The molecule has 0 spiro atoms. The summed E-state index contributed by atoms with van der Waals surface area (Å²) in [6.45, 7) is 1.85. The van der Waals surface area contributed by atoms with E-state index in [4.69, 9.17) is 11.8 Å². The van der Waals surface area contributed by atoms with E-state index in [0.29, 0.717) is 11.1 Å². The van der Waals surface area contributed by atoms with E-state index in [1.165, 1.54) is 0 Å². The van der Waals surface area contributed by atoms with Crippen LogP contribution in [0.5, 0.6) is 0 Å². The molecule has 0 N–H and O–H groups in total. The predicted molar refractivity (Wildman–Crippen MR) is 132 cm³/mol. The van der Waals surface area contributed by atoms with E-state index < -0.39 is 6.04 Å². The number of nitrogens with zero attached hydrogens (tertiary/aromatic N) is 2. The van der Waals surface area contributed by atoms with E-state index in [9.17, 15) is 10.5 Å². The first-order chi connectivity index (χ1) is 15.1. The summed E-state index contributed by atoms with van der Waals surface area (Å²) in [5, 5.41) is 22.8. The van der Waals surface area contributed by atoms with E-state index >= 15 is 0 Å². The highest BCUT2D eigenvalue weighted by Gasteiger charge is 2.28. The molecule has 4 aromatic carbocycles. The van der Waals surface area contributed by atoms with Gasteiger partial charge in [-0.1, -0.05) is 109 Å². The first kappa shape index (κ1) is 20.8. The molecule has 4 aromatic rings. The number of benzene rings is 4. The van der Waals surface area contributed by atoms with Gasteiger partial charge < -0.3 is 0 Å². The minimum Gasteiger partial charge on any atom is -0.192 e. The van der Waals surface area contributed by atoms with Crippen molar-refractivity contribution >= 4 is 33.8 Å². The van der Waals surface area contributed by atoms with E-state index in [1.807, 2.05) is 73.7 Å². The fourth-order valence-corrected chi connectivity index (χ4v) is 7.95. The molecule has 0 heterocycles. The number of nitriles is 2. The van der Waals surface area contributed by atoms with Crippen molar-refractivity contribution in [1.82, 2.24) is 0 Å². The van der Waals surface area contributed by atoms with Crippen LogP contribution < -0.4 is 15.9 Å². The molecule has 0 aliphatic carbocycles. The summed E-state index contributed by atoms with van der Waals surface area (Å²) in [6.07, 6.45) is 0. The number of rotatable bonds is 4. The van der Waals surface area contributed by atoms with Crippen molar-refractivity contribution in [2.45, 2.75) is 6.92 Å². The van der Waals surface area contributed by atoms with Crippen LogP contribution in [-0.2, 0) is 11.8 Å². The standard InChI is InChI=1S/C27H19N2PS/c1-20-16-17-23(26(19-29)25(20)18-28)24-14-8-9-15-27(24)30(31,21-10-4-2-5-11-21)22-12-6-3-7-13-22/h2-17H,1H3. The van der Waals surface area contributed by atoms with Gasteiger partial charge in [-0.05, 0) is 28.7 Å². The van der Waals surface area contributed by atoms with Crippen LogP contribution in [0.25, 0.3) is 11.1 Å². The molecule has 0 aromatic heterocycles. The van der Waals surface area contributed by atoms with Crippen molar-refractivity contribution in [2.24, 2.45) is 0 Å². The molecule has 0 amide bonds. The quantitative estimate of drug-likeness (QED) is 0.417. The maximum absolute atomic E-state index is 9.93. The molecule has 0 bridgehead atoms. The highest BCUT2D eigenvalue weighted by Crippen LogP contribution is 2.46. The Morgan fingerprint density at radius 3 is 1.68 bits per heavy atom. The lowest BCUT2D eigenvalue weighted by atomic mass is 9.93. The molecule has 0 aliphatic heterocycles. The van der Waals surface area contributed by atoms with Gasteiger partial charge in [0, 0.05) is 16.9 Å². The van der Waals surface area contributed by atoms with Gasteiger partial charge in [0.15, 0.2) is 0 Å². The minimum atomic E-state index is -2.40. The number of aryl methyl sites for hydroxylation is 1. The lowest BCUT2D eigenvalue weighted by Gasteiger charge is -2.27. The number of hydrogen-bond acceptors (Lipinski definition) is 3. The van der Waals surface area contributed by atoms with Gasteiger partial charge in [-0.25, -0.2) is 0 Å². The Bertz CT molecular complexity index is 1340. The highest BCUT2D eigenvalue weighted by atomic mass is 32.4. The monoisotopic (exact) mass is 434 g/mol. The van der Waals surface area contributed by atoms with E-state index in [2.05, 4.69) is 42.5 Å². The fraction of sp³-hybridized carbons (Fsp3) is 0.0370. The van der Waals surface area contributed by atoms with Crippen LogP contribution in [0.4, 0.5) is 0 Å². The molecule has 0 saturated carbocycles. The molecular formula is C27H19N2PS. The second-order valence-corrected chi connectivity index (χ2v) is 11.6. The molecule has 4 rings (SSSR count). The van der Waals surface area contributed by atoms with Gasteiger partial charge in [-0.15, -0.1) is 0 Å². The van der Waals surface area contributed by atoms with Crippen molar-refractivity contribution in [3.8, 4) is 23.3 Å². The van der Waals surface area contributed by atoms with E-state index in [-0.39, 0.29) is 0 Å². The van der Waals surface area contributed by atoms with Gasteiger partial charge in [-0.3, -0.25) is 0 Å². The van der Waals surface area contributed by atoms with Crippen molar-refractivity contribution in [3.63, 3.8) is 0 Å². The molecule has 0 atom stereocenters. The smallest absolute Gasteiger partial charge is 0.101 e. The van der Waals surface area contributed by atoms with Gasteiger partial charge in [0.2, 0.25) is 0 Å². The minimum absolute atomic E-state index is 0.401. The molecule has 0 aliphatic rings. The molecule has 2 nitrogen and oxygen atoms in total. The van der Waals surface area contributed by atoms with Crippen molar-refractivity contribution in [1.29, 1.82) is 10.5 Å². The summed E-state index contributed by atoms with van der Waals surface area (Å²) in [5.74, 6) is 0. The molecule has 0 unspecified atom stereocenters. The molecule has 31 heavy (non-hydrogen) atoms. The van der Waals surface area contributed by atoms with Crippen LogP contribution in [0.15, 0.2) is 97.1 Å². The zero-order valence-corrected chi connectivity index (χ0v) is 18.7. The molecule has 0 fully saturated rings. The Balaban J connectivity index is 2.09. The lowest BCUT2D eigenvalue weighted by molar-refractivity contribution is 1.36. The normalized spacial score (nSPS) is 10.8. The summed E-state index contributed by atoms with van der Waals surface area (Å²) < 4.78 is 0.